The lowest BCUT2D eigenvalue weighted by atomic mass is 9.90. The first kappa shape index (κ1) is 95.2. The molecule has 0 unspecified atom stereocenters. The summed E-state index contributed by atoms with van der Waals surface area (Å²) in [6.07, 6.45) is 6.26. The molecule has 0 saturated carbocycles. The molecule has 0 radical (unpaired) electrons. The topological polar surface area (TPSA) is 340 Å². The molecule has 0 spiro atoms. The van der Waals surface area contributed by atoms with E-state index >= 15 is 0 Å². The summed E-state index contributed by atoms with van der Waals surface area (Å²) in [6.45, 7) is 7.14. The van der Waals surface area contributed by atoms with Gasteiger partial charge >= 0.3 is 64.7 Å². The van der Waals surface area contributed by atoms with Crippen molar-refractivity contribution < 1.29 is 90.7 Å². The number of nitrogens with zero attached hydrogens (tertiary/aromatic N) is 4. The second kappa shape index (κ2) is 46.9. The molecule has 0 fully saturated rings. The molecule has 0 aliphatic rings. The van der Waals surface area contributed by atoms with E-state index in [0.29, 0.717) is 23.0 Å². The zero-order valence-electron chi connectivity index (χ0n) is 67.8. The van der Waals surface area contributed by atoms with Gasteiger partial charge in [-0.1, -0.05) is 170 Å². The minimum absolute atomic E-state index is 0.123. The van der Waals surface area contributed by atoms with Gasteiger partial charge in [-0.3, -0.25) is 18.9 Å². The molecule has 0 heterocycles. The summed E-state index contributed by atoms with van der Waals surface area (Å²) in [6, 6.07) is 67.4. The first-order chi connectivity index (χ1) is 55.1. The van der Waals surface area contributed by atoms with Crippen molar-refractivity contribution in [3.05, 3.63) is 310 Å². The largest absolute Gasteiger partial charge is 0.497 e. The smallest absolute Gasteiger partial charge is 0.355 e. The Bertz CT molecular complexity index is 4390. The van der Waals surface area contributed by atoms with Crippen LogP contribution in [0, 0.1) is 0 Å². The zero-order valence-corrected chi connectivity index (χ0v) is 71.1. The third kappa shape index (κ3) is 29.8. The first-order valence-corrected chi connectivity index (χ1v) is 42.0. The van der Waals surface area contributed by atoms with Crippen molar-refractivity contribution >= 4 is 64.7 Å². The Labute approximate surface area is 683 Å². The molecule has 624 valence electrons. The van der Waals surface area contributed by atoms with E-state index in [1.165, 1.54) is 56.4 Å². The van der Waals surface area contributed by atoms with E-state index in [1.807, 2.05) is 218 Å². The molecule has 116 heavy (non-hydrogen) atoms. The SMILES string of the molecule is CCOC(=O)/C(=C/[C@@H](c1ccccc1)c1ccc(OC)cc1)NS(=O)(=O)N(C)C.CCOC(=O)/C(=C/[C@@H](c1ccccc1)c1ccc(OC)cc1)NS(=O)(=O)N(C)C.CCOC(=O)/C(=C/[C@@H](c1ccccc1)c1ccc(OC)cc1)NS(=O)(=O)N(C)C.CCOC(=O)/C(=C/[C@@H](c1ccccc1)c1ccc(OC)cc1)NS(=O)(=O)N(C)C. The molecule has 0 amide bonds. The normalized spacial score (nSPS) is 13.1. The number of benzene rings is 8. The maximum atomic E-state index is 12.5. The van der Waals surface area contributed by atoms with Crippen LogP contribution in [0.25, 0.3) is 0 Å². The maximum absolute atomic E-state index is 12.5. The highest BCUT2D eigenvalue weighted by Gasteiger charge is 2.29. The summed E-state index contributed by atoms with van der Waals surface area (Å²) in [7, 11) is 1.80. The monoisotopic (exact) mass is 1670 g/mol. The van der Waals surface area contributed by atoms with E-state index < -0.39 is 64.7 Å². The van der Waals surface area contributed by atoms with E-state index in [-0.39, 0.29) is 72.9 Å². The molecular weight excluding hydrogens is 1570 g/mol. The predicted octanol–water partition coefficient (Wildman–Crippen LogP) is 10.7. The van der Waals surface area contributed by atoms with E-state index in [9.17, 15) is 52.8 Å². The third-order valence-electron chi connectivity index (χ3n) is 16.7. The van der Waals surface area contributed by atoms with Crippen molar-refractivity contribution in [3.63, 3.8) is 0 Å². The Hall–Kier alpha value is -11.4. The van der Waals surface area contributed by atoms with Gasteiger partial charge in [0.15, 0.2) is 0 Å². The molecule has 4 atom stereocenters. The maximum Gasteiger partial charge on any atom is 0.355 e. The molecular formula is C84H104N8O20S4. The molecule has 8 rings (SSSR count). The Morgan fingerprint density at radius 3 is 0.543 bits per heavy atom. The van der Waals surface area contributed by atoms with Crippen LogP contribution in [0.1, 0.15) is 95.9 Å². The van der Waals surface area contributed by atoms with Gasteiger partial charge in [-0.15, -0.1) is 0 Å². The summed E-state index contributed by atoms with van der Waals surface area (Å²) >= 11 is 0. The number of ether oxygens (including phenoxy) is 8. The number of hydrogen-bond acceptors (Lipinski definition) is 20. The minimum Gasteiger partial charge on any atom is -0.497 e. The van der Waals surface area contributed by atoms with Gasteiger partial charge in [-0.25, -0.2) is 19.2 Å². The molecule has 0 aliphatic heterocycles. The van der Waals surface area contributed by atoms with Crippen LogP contribution < -0.4 is 37.8 Å². The number of allylic oxidation sites excluding steroid dienone is 4. The summed E-state index contributed by atoms with van der Waals surface area (Å²) in [5.74, 6) is -1.71. The molecule has 0 bridgehead atoms. The Morgan fingerprint density at radius 2 is 0.414 bits per heavy atom. The third-order valence-corrected chi connectivity index (χ3v) is 22.5. The highest BCUT2D eigenvalue weighted by Crippen LogP contribution is 2.34. The number of esters is 4. The van der Waals surface area contributed by atoms with Gasteiger partial charge in [-0.05, 0) is 145 Å². The van der Waals surface area contributed by atoms with Gasteiger partial charge in [0.2, 0.25) is 0 Å². The van der Waals surface area contributed by atoms with Gasteiger partial charge in [0, 0.05) is 80.1 Å². The lowest BCUT2D eigenvalue weighted by Gasteiger charge is -2.19. The van der Waals surface area contributed by atoms with E-state index in [4.69, 9.17) is 37.9 Å². The highest BCUT2D eigenvalue weighted by atomic mass is 32.2. The molecule has 0 aromatic heterocycles. The lowest BCUT2D eigenvalue weighted by Crippen LogP contribution is -2.37. The van der Waals surface area contributed by atoms with Gasteiger partial charge < -0.3 is 37.9 Å². The minimum atomic E-state index is -3.89. The van der Waals surface area contributed by atoms with Crippen molar-refractivity contribution in [1.29, 1.82) is 0 Å². The number of rotatable bonds is 36. The van der Waals surface area contributed by atoms with Crippen LogP contribution in [0.5, 0.6) is 23.0 Å². The van der Waals surface area contributed by atoms with Crippen LogP contribution in [0.2, 0.25) is 0 Å². The fraction of sp³-hybridized carbons (Fsp3) is 0.286. The Balaban J connectivity index is 0.000000276. The number of carbonyl (C=O) groups is 4. The molecule has 28 nitrogen and oxygen atoms in total. The standard InChI is InChI=1S/4C21H26N2O5S/c4*1-5-28-21(24)20(22-29(25,26)23(2)3)15-19(16-9-7-6-8-10-16)17-11-13-18(27-4)14-12-17/h4*6-15,19,22H,5H2,1-4H3/b4*20-15-/t4*19-/m0000/s1. The summed E-state index contributed by atoms with van der Waals surface area (Å²) < 4.78 is 153. The highest BCUT2D eigenvalue weighted by molar-refractivity contribution is 7.88. The molecule has 8 aromatic carbocycles. The Kier molecular flexibility index (Phi) is 38.5. The quantitative estimate of drug-likeness (QED) is 0.0161. The molecule has 4 N–H and O–H groups in total. The zero-order chi connectivity index (χ0) is 85.8. The van der Waals surface area contributed by atoms with Crippen LogP contribution in [0.15, 0.2) is 265 Å². The number of methoxy groups -OCH3 is 4. The predicted molar refractivity (Wildman–Crippen MR) is 447 cm³/mol. The molecule has 8 aromatic rings. The van der Waals surface area contributed by atoms with Crippen LogP contribution in [-0.4, -0.2) is 186 Å². The second-order valence-electron chi connectivity index (χ2n) is 25.4. The van der Waals surface area contributed by atoms with Gasteiger partial charge in [0.05, 0.1) is 54.9 Å². The first-order valence-electron chi connectivity index (χ1n) is 36.2. The van der Waals surface area contributed by atoms with E-state index in [0.717, 1.165) is 61.7 Å². The van der Waals surface area contributed by atoms with E-state index in [1.54, 1.807) is 80.4 Å². The summed E-state index contributed by atoms with van der Waals surface area (Å²) in [4.78, 5) is 49.9. The van der Waals surface area contributed by atoms with Crippen LogP contribution >= 0.6 is 0 Å². The van der Waals surface area contributed by atoms with Crippen molar-refractivity contribution in [3.8, 4) is 23.0 Å². The van der Waals surface area contributed by atoms with Crippen LogP contribution in [0.3, 0.4) is 0 Å². The molecule has 32 heteroatoms. The van der Waals surface area contributed by atoms with Crippen LogP contribution in [0.4, 0.5) is 0 Å². The number of nitrogens with one attached hydrogen (secondary N) is 4. The summed E-state index contributed by atoms with van der Waals surface area (Å²) in [5.41, 5.74) is 6.43. The van der Waals surface area contributed by atoms with E-state index in [2.05, 4.69) is 18.9 Å². The average molecular weight is 1670 g/mol. The van der Waals surface area contributed by atoms with Crippen molar-refractivity contribution in [2.75, 3.05) is 111 Å². The number of hydrogen-bond donors (Lipinski definition) is 4. The molecule has 0 aliphatic carbocycles. The van der Waals surface area contributed by atoms with Crippen molar-refractivity contribution in [1.82, 2.24) is 36.1 Å². The van der Waals surface area contributed by atoms with Gasteiger partial charge in [0.1, 0.15) is 45.8 Å². The second-order valence-corrected chi connectivity index (χ2v) is 32.9. The summed E-state index contributed by atoms with van der Waals surface area (Å²) in [5, 5.41) is 0. The van der Waals surface area contributed by atoms with Gasteiger partial charge in [-0.2, -0.15) is 50.9 Å². The van der Waals surface area contributed by atoms with Crippen molar-refractivity contribution in [2.24, 2.45) is 0 Å². The number of carbonyl (C=O) groups excluding carboxylic acids is 4. The van der Waals surface area contributed by atoms with Gasteiger partial charge in [0.25, 0.3) is 0 Å². The van der Waals surface area contributed by atoms with Crippen LogP contribution in [-0.2, 0) is 79.0 Å². The fourth-order valence-electron chi connectivity index (χ4n) is 10.4. The van der Waals surface area contributed by atoms with Crippen molar-refractivity contribution in [2.45, 2.75) is 51.4 Å². The Morgan fingerprint density at radius 1 is 0.267 bits per heavy atom. The molecule has 0 saturated heterocycles. The average Bonchev–Trinajstić information content (AvgIpc) is 0.831. The fourth-order valence-corrected chi connectivity index (χ4v) is 12.9. The lowest BCUT2D eigenvalue weighted by molar-refractivity contribution is -0.139.